The highest BCUT2D eigenvalue weighted by molar-refractivity contribution is 6.06. The molecule has 0 aliphatic heterocycles. The summed E-state index contributed by atoms with van der Waals surface area (Å²) in [5.41, 5.74) is 3.64. The van der Waals surface area contributed by atoms with Crippen LogP contribution in [0.3, 0.4) is 0 Å². The van der Waals surface area contributed by atoms with Crippen molar-refractivity contribution in [3.8, 4) is 5.75 Å². The van der Waals surface area contributed by atoms with Gasteiger partial charge >= 0.3 is 5.97 Å². The van der Waals surface area contributed by atoms with Crippen LogP contribution in [-0.2, 0) is 18.3 Å². The fourth-order valence-corrected chi connectivity index (χ4v) is 4.65. The summed E-state index contributed by atoms with van der Waals surface area (Å²) in [5, 5.41) is 21.3. The first-order chi connectivity index (χ1) is 13.5. The molecule has 5 rings (SSSR count). The Morgan fingerprint density at radius 1 is 1.04 bits per heavy atom. The van der Waals surface area contributed by atoms with Crippen molar-refractivity contribution in [2.24, 2.45) is 0 Å². The van der Waals surface area contributed by atoms with Crippen molar-refractivity contribution in [2.75, 3.05) is 0 Å². The predicted molar refractivity (Wildman–Crippen MR) is 103 cm³/mol. The summed E-state index contributed by atoms with van der Waals surface area (Å²) in [7, 11) is 0. The first-order valence-electron chi connectivity index (χ1n) is 9.68. The molecular formula is C23H20FNO3. The number of aryl methyl sites for hydroxylation is 2. The summed E-state index contributed by atoms with van der Waals surface area (Å²) in [5.74, 6) is -1.75. The van der Waals surface area contributed by atoms with E-state index in [1.54, 1.807) is 18.2 Å². The van der Waals surface area contributed by atoms with Crippen molar-refractivity contribution in [3.63, 3.8) is 0 Å². The molecule has 142 valence electrons. The third-order valence-electron chi connectivity index (χ3n) is 6.27. The maximum absolute atomic E-state index is 13.4. The zero-order chi connectivity index (χ0) is 19.5. The average molecular weight is 377 g/mol. The molecule has 1 saturated carbocycles. The molecule has 5 heteroatoms. The number of carboxylic acid groups (broad SMARTS) is 1. The minimum Gasteiger partial charge on any atom is -0.505 e. The second-order valence-corrected chi connectivity index (χ2v) is 7.88. The molecule has 3 aromatic rings. The number of pyridine rings is 1. The van der Waals surface area contributed by atoms with E-state index in [0.29, 0.717) is 16.6 Å². The molecule has 1 aromatic heterocycles. The Balaban J connectivity index is 1.81. The van der Waals surface area contributed by atoms with E-state index in [0.717, 1.165) is 49.7 Å². The third-order valence-corrected chi connectivity index (χ3v) is 6.27. The van der Waals surface area contributed by atoms with E-state index in [1.807, 2.05) is 6.07 Å². The first-order valence-corrected chi connectivity index (χ1v) is 9.68. The van der Waals surface area contributed by atoms with Gasteiger partial charge in [0.15, 0.2) is 5.75 Å². The Kier molecular flexibility index (Phi) is 3.69. The molecule has 2 aliphatic rings. The van der Waals surface area contributed by atoms with Crippen LogP contribution in [-0.4, -0.2) is 21.2 Å². The number of rotatable bonds is 3. The summed E-state index contributed by atoms with van der Waals surface area (Å²) in [6.07, 6.45) is 5.50. The van der Waals surface area contributed by atoms with E-state index in [4.69, 9.17) is 4.98 Å². The van der Waals surface area contributed by atoms with Crippen LogP contribution in [0.5, 0.6) is 5.75 Å². The quantitative estimate of drug-likeness (QED) is 0.692. The molecule has 28 heavy (non-hydrogen) atoms. The molecule has 0 unspecified atom stereocenters. The van der Waals surface area contributed by atoms with Crippen LogP contribution in [0.4, 0.5) is 4.39 Å². The minimum atomic E-state index is -1.16. The molecule has 0 spiro atoms. The van der Waals surface area contributed by atoms with Crippen molar-refractivity contribution in [1.82, 2.24) is 4.98 Å². The molecule has 4 nitrogen and oxygen atoms in total. The molecular weight excluding hydrogens is 357 g/mol. The van der Waals surface area contributed by atoms with Gasteiger partial charge in [-0.05, 0) is 67.3 Å². The summed E-state index contributed by atoms with van der Waals surface area (Å²) in [6.45, 7) is 0. The number of nitrogens with zero attached hydrogens (tertiary/aromatic N) is 1. The van der Waals surface area contributed by atoms with Gasteiger partial charge < -0.3 is 10.2 Å². The van der Waals surface area contributed by atoms with Crippen LogP contribution in [0.15, 0.2) is 36.4 Å². The molecule has 1 heterocycles. The van der Waals surface area contributed by atoms with Gasteiger partial charge in [-0.25, -0.2) is 14.2 Å². The topological polar surface area (TPSA) is 70.4 Å². The van der Waals surface area contributed by atoms with Gasteiger partial charge in [-0.3, -0.25) is 0 Å². The van der Waals surface area contributed by atoms with Gasteiger partial charge in [0.1, 0.15) is 11.4 Å². The monoisotopic (exact) mass is 377 g/mol. The summed E-state index contributed by atoms with van der Waals surface area (Å²) in [6, 6.07) is 9.94. The van der Waals surface area contributed by atoms with E-state index < -0.39 is 11.4 Å². The van der Waals surface area contributed by atoms with E-state index in [1.165, 1.54) is 17.7 Å². The van der Waals surface area contributed by atoms with Crippen molar-refractivity contribution in [2.45, 2.75) is 43.9 Å². The van der Waals surface area contributed by atoms with Crippen LogP contribution in [0.2, 0.25) is 0 Å². The van der Waals surface area contributed by atoms with Crippen molar-refractivity contribution in [3.05, 3.63) is 70.2 Å². The van der Waals surface area contributed by atoms with Crippen molar-refractivity contribution in [1.29, 1.82) is 0 Å². The molecule has 1 fully saturated rings. The lowest BCUT2D eigenvalue weighted by atomic mass is 9.86. The number of fused-ring (bicyclic) bond motifs is 3. The van der Waals surface area contributed by atoms with Crippen LogP contribution < -0.4 is 0 Å². The van der Waals surface area contributed by atoms with Crippen LogP contribution in [0.25, 0.3) is 10.9 Å². The summed E-state index contributed by atoms with van der Waals surface area (Å²) in [4.78, 5) is 16.9. The SMILES string of the molecule is O=C(O)c1c(O)c(C2(c3ccc(F)cc3)CC2)nc2c3c(ccc12)CCCC3. The zero-order valence-corrected chi connectivity index (χ0v) is 15.3. The second kappa shape index (κ2) is 6.03. The number of hydrogen-bond acceptors (Lipinski definition) is 3. The predicted octanol–water partition coefficient (Wildman–Crippen LogP) is 4.74. The van der Waals surface area contributed by atoms with Crippen molar-refractivity contribution < 1.29 is 19.4 Å². The minimum absolute atomic E-state index is 0.0817. The number of benzene rings is 2. The number of aromatic hydroxyl groups is 1. The Morgan fingerprint density at radius 3 is 2.43 bits per heavy atom. The number of aromatic carboxylic acids is 1. The Labute approximate surface area is 161 Å². The maximum Gasteiger partial charge on any atom is 0.340 e. The normalized spacial score (nSPS) is 17.3. The van der Waals surface area contributed by atoms with Gasteiger partial charge in [-0.2, -0.15) is 0 Å². The standard InChI is InChI=1S/C23H20FNO3/c24-15-8-6-14(7-9-15)23(11-12-23)21-20(26)18(22(27)28)17-10-5-13-3-1-2-4-16(13)19(17)25-21/h5-10,26H,1-4,11-12H2,(H,27,28). The number of aromatic nitrogens is 1. The number of carboxylic acids is 1. The highest BCUT2D eigenvalue weighted by Crippen LogP contribution is 2.56. The lowest BCUT2D eigenvalue weighted by Gasteiger charge is -2.22. The highest BCUT2D eigenvalue weighted by atomic mass is 19.1. The van der Waals surface area contributed by atoms with Crippen LogP contribution >= 0.6 is 0 Å². The van der Waals surface area contributed by atoms with Crippen molar-refractivity contribution >= 4 is 16.9 Å². The lowest BCUT2D eigenvalue weighted by Crippen LogP contribution is -2.15. The van der Waals surface area contributed by atoms with Gasteiger partial charge in [0.25, 0.3) is 0 Å². The van der Waals surface area contributed by atoms with E-state index in [-0.39, 0.29) is 17.1 Å². The largest absolute Gasteiger partial charge is 0.505 e. The Hall–Kier alpha value is -2.95. The fraction of sp³-hybridized carbons (Fsp3) is 0.304. The highest BCUT2D eigenvalue weighted by Gasteiger charge is 2.50. The van der Waals surface area contributed by atoms with Crippen LogP contribution in [0, 0.1) is 5.82 Å². The lowest BCUT2D eigenvalue weighted by molar-refractivity contribution is 0.0695. The second-order valence-electron chi connectivity index (χ2n) is 7.88. The number of halogens is 1. The van der Waals surface area contributed by atoms with E-state index in [9.17, 15) is 19.4 Å². The van der Waals surface area contributed by atoms with Gasteiger partial charge in [-0.1, -0.05) is 24.3 Å². The van der Waals surface area contributed by atoms with E-state index >= 15 is 0 Å². The number of hydrogen-bond donors (Lipinski definition) is 2. The molecule has 0 saturated heterocycles. The Morgan fingerprint density at radius 2 is 1.75 bits per heavy atom. The zero-order valence-electron chi connectivity index (χ0n) is 15.3. The summed E-state index contributed by atoms with van der Waals surface area (Å²) >= 11 is 0. The first kappa shape index (κ1) is 17.2. The fourth-order valence-electron chi connectivity index (χ4n) is 4.65. The molecule has 2 aliphatic carbocycles. The molecule has 0 amide bonds. The van der Waals surface area contributed by atoms with Gasteiger partial charge in [-0.15, -0.1) is 0 Å². The third kappa shape index (κ3) is 2.42. The van der Waals surface area contributed by atoms with E-state index in [2.05, 4.69) is 0 Å². The van der Waals surface area contributed by atoms with Gasteiger partial charge in [0, 0.05) is 10.8 Å². The molecule has 2 aromatic carbocycles. The molecule has 0 radical (unpaired) electrons. The van der Waals surface area contributed by atoms with Crippen LogP contribution in [0.1, 0.15) is 58.4 Å². The van der Waals surface area contributed by atoms with Gasteiger partial charge in [0.2, 0.25) is 0 Å². The smallest absolute Gasteiger partial charge is 0.340 e. The molecule has 2 N–H and O–H groups in total. The summed E-state index contributed by atoms with van der Waals surface area (Å²) < 4.78 is 13.4. The average Bonchev–Trinajstić information content (AvgIpc) is 3.49. The number of carbonyl (C=O) groups is 1. The van der Waals surface area contributed by atoms with Gasteiger partial charge in [0.05, 0.1) is 11.2 Å². The maximum atomic E-state index is 13.4. The molecule has 0 bridgehead atoms. The molecule has 0 atom stereocenters. The Bertz CT molecular complexity index is 1120.